The van der Waals surface area contributed by atoms with E-state index in [4.69, 9.17) is 19.6 Å². The minimum absolute atomic E-state index is 0.0138. The summed E-state index contributed by atoms with van der Waals surface area (Å²) >= 11 is 0. The number of aromatic nitrogens is 2. The molecule has 0 spiro atoms. The number of alkyl halides is 2. The van der Waals surface area contributed by atoms with Gasteiger partial charge in [0.05, 0.1) is 45.2 Å². The molecule has 0 unspecified atom stereocenters. The average Bonchev–Trinajstić information content (AvgIpc) is 3.82. The topological polar surface area (TPSA) is 148 Å². The lowest BCUT2D eigenvalue weighted by Gasteiger charge is -2.33. The smallest absolute Gasteiger partial charge is 0.324 e. The van der Waals surface area contributed by atoms with Gasteiger partial charge in [0.1, 0.15) is 11.5 Å². The molecule has 2 saturated heterocycles. The van der Waals surface area contributed by atoms with Crippen LogP contribution in [0.5, 0.6) is 11.5 Å². The monoisotopic (exact) mass is 823 g/mol. The van der Waals surface area contributed by atoms with Crippen molar-refractivity contribution in [2.75, 3.05) is 56.7 Å². The van der Waals surface area contributed by atoms with Gasteiger partial charge in [0.25, 0.3) is 5.89 Å². The molecular weight excluding hydrogens is 773 g/mol. The Hall–Kier alpha value is -6.35. The number of carbonyl (C=O) groups is 3. The molecule has 0 bridgehead atoms. The van der Waals surface area contributed by atoms with E-state index < -0.39 is 12.3 Å². The van der Waals surface area contributed by atoms with Crippen LogP contribution in [0.25, 0.3) is 11.5 Å². The molecule has 1 aromatic heterocycles. The van der Waals surface area contributed by atoms with Gasteiger partial charge in [-0.1, -0.05) is 60.7 Å². The number of likely N-dealkylation sites (tertiary alicyclic amines) is 2. The molecule has 60 heavy (non-hydrogen) atoms. The third-order valence-corrected chi connectivity index (χ3v) is 10.4. The molecule has 3 heterocycles. The van der Waals surface area contributed by atoms with Gasteiger partial charge in [-0.25, -0.2) is 9.59 Å². The van der Waals surface area contributed by atoms with E-state index in [1.807, 2.05) is 82.6 Å². The molecule has 2 fully saturated rings. The van der Waals surface area contributed by atoms with Crippen LogP contribution in [-0.4, -0.2) is 84.8 Å². The van der Waals surface area contributed by atoms with Crippen molar-refractivity contribution < 1.29 is 37.1 Å². The SMILES string of the molecule is COc1ccccc1N(Cc1ccc(-c2nnc(C(F)F)o2)cc1)C(=O)N1CCCCC1.COc1ccccc1N(Cc1ccc(C(=O)CN)cc1)C(=O)N1CCCCC1. The van der Waals surface area contributed by atoms with E-state index in [-0.39, 0.29) is 30.3 Å². The number of amides is 4. The number of carbonyl (C=O) groups excluding carboxylic acids is 3. The lowest BCUT2D eigenvalue weighted by atomic mass is 10.1. The van der Waals surface area contributed by atoms with E-state index in [2.05, 4.69) is 10.2 Å². The third kappa shape index (κ3) is 10.8. The third-order valence-electron chi connectivity index (χ3n) is 10.4. The van der Waals surface area contributed by atoms with Gasteiger partial charge in [0.2, 0.25) is 5.89 Å². The van der Waals surface area contributed by atoms with Gasteiger partial charge in [-0.15, -0.1) is 10.2 Å². The molecular formula is C45H51F2N7O6. The Morgan fingerprint density at radius 2 is 1.12 bits per heavy atom. The van der Waals surface area contributed by atoms with Gasteiger partial charge in [-0.05, 0) is 86.1 Å². The number of ether oxygens (including phenoxy) is 2. The lowest BCUT2D eigenvalue weighted by Crippen LogP contribution is -2.45. The molecule has 13 nitrogen and oxygen atoms in total. The zero-order valence-corrected chi connectivity index (χ0v) is 34.0. The van der Waals surface area contributed by atoms with E-state index in [1.54, 1.807) is 48.3 Å². The molecule has 15 heteroatoms. The van der Waals surface area contributed by atoms with Crippen molar-refractivity contribution in [3.63, 3.8) is 0 Å². The Bertz CT molecular complexity index is 2170. The Morgan fingerprint density at radius 3 is 1.53 bits per heavy atom. The predicted octanol–water partition coefficient (Wildman–Crippen LogP) is 8.74. The van der Waals surface area contributed by atoms with Crippen molar-refractivity contribution in [3.8, 4) is 23.0 Å². The summed E-state index contributed by atoms with van der Waals surface area (Å²) in [6, 6.07) is 29.2. The highest BCUT2D eigenvalue weighted by Crippen LogP contribution is 2.33. The number of methoxy groups -OCH3 is 2. The maximum absolute atomic E-state index is 13.4. The average molecular weight is 824 g/mol. The quantitative estimate of drug-likeness (QED) is 0.122. The number of piperidine rings is 2. The summed E-state index contributed by atoms with van der Waals surface area (Å²) in [5, 5.41) is 7.03. The van der Waals surface area contributed by atoms with E-state index in [1.165, 1.54) is 0 Å². The summed E-state index contributed by atoms with van der Waals surface area (Å²) < 4.78 is 41.4. The fraction of sp³-hybridized carbons (Fsp3) is 0.356. The van der Waals surface area contributed by atoms with Gasteiger partial charge in [0.15, 0.2) is 5.78 Å². The first-order valence-corrected chi connectivity index (χ1v) is 20.1. The minimum Gasteiger partial charge on any atom is -0.495 e. The van der Waals surface area contributed by atoms with E-state index >= 15 is 0 Å². The van der Waals surface area contributed by atoms with Crippen LogP contribution < -0.4 is 25.0 Å². The van der Waals surface area contributed by atoms with Crippen LogP contribution in [0.1, 0.15) is 72.3 Å². The summed E-state index contributed by atoms with van der Waals surface area (Å²) in [4.78, 5) is 45.7. The number of hydrogen-bond donors (Lipinski definition) is 1. The normalized spacial score (nSPS) is 13.9. The first-order valence-electron chi connectivity index (χ1n) is 20.1. The van der Waals surface area contributed by atoms with Crippen LogP contribution in [0.15, 0.2) is 101 Å². The first-order chi connectivity index (χ1) is 29.2. The molecule has 2 aliphatic heterocycles. The summed E-state index contributed by atoms with van der Waals surface area (Å²) in [6.45, 7) is 3.71. The van der Waals surface area contributed by atoms with Gasteiger partial charge < -0.3 is 29.4 Å². The number of nitrogens with two attached hydrogens (primary N) is 1. The molecule has 316 valence electrons. The number of rotatable bonds is 12. The highest BCUT2D eigenvalue weighted by atomic mass is 19.3. The number of urea groups is 2. The first kappa shape index (κ1) is 43.2. The number of Topliss-reactive ketones (excluding diaryl/α,β-unsaturated/α-hetero) is 1. The summed E-state index contributed by atoms with van der Waals surface area (Å²) in [5.41, 5.74) is 9.76. The lowest BCUT2D eigenvalue weighted by molar-refractivity contribution is 0.100. The fourth-order valence-corrected chi connectivity index (χ4v) is 7.20. The number of para-hydroxylation sites is 4. The van der Waals surface area contributed by atoms with Crippen molar-refractivity contribution in [3.05, 3.63) is 120 Å². The zero-order valence-electron chi connectivity index (χ0n) is 34.0. The Morgan fingerprint density at radius 1 is 0.667 bits per heavy atom. The summed E-state index contributed by atoms with van der Waals surface area (Å²) in [5.74, 6) is 0.483. The maximum atomic E-state index is 13.4. The standard InChI is InChI=1S/C23H24F2N4O3.C22H27N3O3/c1-31-19-8-4-3-7-18(19)29(23(30)28-13-5-2-6-14-28)15-16-9-11-17(12-10-16)21-26-27-22(32-21)20(24)25;1-28-21-8-4-3-7-19(21)25(22(27)24-13-5-2-6-14-24)16-17-9-11-18(12-10-17)20(26)15-23/h3-4,7-12,20H,2,5-6,13-15H2,1H3;3-4,7-12H,2,5-6,13-16,23H2,1H3. The van der Waals surface area contributed by atoms with E-state index in [0.717, 1.165) is 81.5 Å². The molecule has 5 aromatic rings. The van der Waals surface area contributed by atoms with Crippen molar-refractivity contribution >= 4 is 29.2 Å². The van der Waals surface area contributed by atoms with Crippen LogP contribution in [0, 0.1) is 0 Å². The second-order valence-corrected chi connectivity index (χ2v) is 14.4. The zero-order chi connectivity index (χ0) is 42.4. The number of ketones is 1. The van der Waals surface area contributed by atoms with Crippen LogP contribution in [0.2, 0.25) is 0 Å². The minimum atomic E-state index is -2.81. The highest BCUT2D eigenvalue weighted by molar-refractivity contribution is 5.97. The van der Waals surface area contributed by atoms with E-state index in [0.29, 0.717) is 41.4 Å². The van der Waals surface area contributed by atoms with Crippen molar-refractivity contribution in [1.29, 1.82) is 0 Å². The second-order valence-electron chi connectivity index (χ2n) is 14.4. The predicted molar refractivity (Wildman–Crippen MR) is 225 cm³/mol. The number of nitrogens with zero attached hydrogens (tertiary/aromatic N) is 6. The van der Waals surface area contributed by atoms with Crippen LogP contribution in [-0.2, 0) is 13.1 Å². The van der Waals surface area contributed by atoms with Gasteiger partial charge in [0, 0.05) is 37.3 Å². The molecule has 2 N–H and O–H groups in total. The number of anilines is 2. The van der Waals surface area contributed by atoms with Crippen molar-refractivity contribution in [2.45, 2.75) is 58.0 Å². The largest absolute Gasteiger partial charge is 0.495 e. The Balaban J connectivity index is 0.000000203. The fourth-order valence-electron chi connectivity index (χ4n) is 7.20. The van der Waals surface area contributed by atoms with Gasteiger partial charge in [-0.3, -0.25) is 14.6 Å². The molecule has 4 amide bonds. The number of halogens is 2. The maximum Gasteiger partial charge on any atom is 0.324 e. The van der Waals surface area contributed by atoms with Crippen LogP contribution >= 0.6 is 0 Å². The molecule has 2 aliphatic rings. The molecule has 0 aliphatic carbocycles. The molecule has 7 rings (SSSR count). The summed E-state index contributed by atoms with van der Waals surface area (Å²) in [7, 11) is 3.19. The Kier molecular flexibility index (Phi) is 15.2. The summed E-state index contributed by atoms with van der Waals surface area (Å²) in [6.07, 6.45) is 3.52. The Labute approximate surface area is 348 Å². The molecule has 4 aromatic carbocycles. The molecule has 0 atom stereocenters. The number of hydrogen-bond acceptors (Lipinski definition) is 9. The number of benzene rings is 4. The van der Waals surface area contributed by atoms with E-state index in [9.17, 15) is 23.2 Å². The van der Waals surface area contributed by atoms with Crippen LogP contribution in [0.3, 0.4) is 0 Å². The van der Waals surface area contributed by atoms with Crippen LogP contribution in [0.4, 0.5) is 29.7 Å². The van der Waals surface area contributed by atoms with Gasteiger partial charge >= 0.3 is 18.5 Å². The molecule has 0 radical (unpaired) electrons. The van der Waals surface area contributed by atoms with Crippen molar-refractivity contribution in [1.82, 2.24) is 20.0 Å². The highest BCUT2D eigenvalue weighted by Gasteiger charge is 2.28. The van der Waals surface area contributed by atoms with Gasteiger partial charge in [-0.2, -0.15) is 8.78 Å². The molecule has 0 saturated carbocycles. The van der Waals surface area contributed by atoms with Crippen molar-refractivity contribution in [2.24, 2.45) is 5.73 Å². The second kappa shape index (κ2) is 21.1.